The molecule has 0 aliphatic heterocycles. The summed E-state index contributed by atoms with van der Waals surface area (Å²) < 4.78 is 0.760. The van der Waals surface area contributed by atoms with Crippen LogP contribution in [0.25, 0.3) is 0 Å². The van der Waals surface area contributed by atoms with Gasteiger partial charge < -0.3 is 5.21 Å². The van der Waals surface area contributed by atoms with Crippen molar-refractivity contribution in [3.8, 4) is 6.07 Å². The zero-order chi connectivity index (χ0) is 12.1. The van der Waals surface area contributed by atoms with E-state index in [2.05, 4.69) is 0 Å². The summed E-state index contributed by atoms with van der Waals surface area (Å²) in [5.74, 6) is 0. The van der Waals surface area contributed by atoms with E-state index >= 15 is 0 Å². The lowest BCUT2D eigenvalue weighted by Gasteiger charge is -2.02. The fourth-order valence-corrected chi connectivity index (χ4v) is 1.46. The zero-order valence-electron chi connectivity index (χ0n) is 9.08. The maximum Gasteiger partial charge on any atom is 0.217 e. The molecule has 0 N–H and O–H groups in total. The van der Waals surface area contributed by atoms with Crippen LogP contribution < -0.4 is 0 Å². The first-order valence-corrected chi connectivity index (χ1v) is 5.16. The molecule has 2 rings (SSSR count). The molecule has 2 aromatic rings. The minimum Gasteiger partial charge on any atom is -0.618 e. The molecular formula is C14H10N2O. The summed E-state index contributed by atoms with van der Waals surface area (Å²) in [5.41, 5.74) is 1.75. The molecule has 0 bridgehead atoms. The summed E-state index contributed by atoms with van der Waals surface area (Å²) in [6.45, 7) is 0. The quantitative estimate of drug-likeness (QED) is 0.339. The number of nitrogens with zero attached hydrogens (tertiary/aromatic N) is 2. The molecule has 0 radical (unpaired) electrons. The summed E-state index contributed by atoms with van der Waals surface area (Å²) in [4.78, 5) is 0. The molecule has 0 heterocycles. The van der Waals surface area contributed by atoms with E-state index in [1.54, 1.807) is 24.3 Å². The molecule has 2 aromatic carbocycles. The Hall–Kier alpha value is -2.60. The Balaban J connectivity index is 2.34. The third-order valence-corrected chi connectivity index (χ3v) is 2.30. The number of hydrogen-bond acceptors (Lipinski definition) is 2. The van der Waals surface area contributed by atoms with E-state index in [4.69, 9.17) is 5.26 Å². The predicted molar refractivity (Wildman–Crippen MR) is 66.1 cm³/mol. The minimum atomic E-state index is 0.452. The van der Waals surface area contributed by atoms with Gasteiger partial charge in [0.15, 0.2) is 6.21 Å². The van der Waals surface area contributed by atoms with Crippen molar-refractivity contribution in [3.05, 3.63) is 70.9 Å². The molecule has 3 heteroatoms. The van der Waals surface area contributed by atoms with E-state index in [9.17, 15) is 5.21 Å². The molecule has 17 heavy (non-hydrogen) atoms. The number of hydrogen-bond donors (Lipinski definition) is 0. The van der Waals surface area contributed by atoms with Gasteiger partial charge in [-0.05, 0) is 18.2 Å². The Bertz CT molecular complexity index is 583. The van der Waals surface area contributed by atoms with Gasteiger partial charge in [-0.2, -0.15) is 10.0 Å². The standard InChI is InChI=1S/C14H10N2O/c15-10-13-7-4-8-14(9-13)16(17)11-12-5-2-1-3-6-12/h1-9,11H/b16-11+. The lowest BCUT2D eigenvalue weighted by molar-refractivity contribution is -0.354. The molecule has 0 atom stereocenters. The maximum absolute atomic E-state index is 11.8. The van der Waals surface area contributed by atoms with E-state index in [0.717, 1.165) is 10.3 Å². The monoisotopic (exact) mass is 222 g/mol. The lowest BCUT2D eigenvalue weighted by atomic mass is 10.2. The minimum absolute atomic E-state index is 0.452. The summed E-state index contributed by atoms with van der Waals surface area (Å²) in [6, 6.07) is 17.9. The van der Waals surface area contributed by atoms with Gasteiger partial charge >= 0.3 is 0 Å². The largest absolute Gasteiger partial charge is 0.618 e. The second-order valence-electron chi connectivity index (χ2n) is 3.53. The molecule has 0 saturated heterocycles. The second-order valence-corrected chi connectivity index (χ2v) is 3.53. The second kappa shape index (κ2) is 4.95. The summed E-state index contributed by atoms with van der Waals surface area (Å²) >= 11 is 0. The van der Waals surface area contributed by atoms with E-state index in [1.807, 2.05) is 36.4 Å². The van der Waals surface area contributed by atoms with Crippen LogP contribution in [-0.4, -0.2) is 11.0 Å². The Morgan fingerprint density at radius 2 is 1.82 bits per heavy atom. The van der Waals surface area contributed by atoms with Crippen molar-refractivity contribution in [2.75, 3.05) is 0 Å². The molecule has 0 aromatic heterocycles. The van der Waals surface area contributed by atoms with Gasteiger partial charge in [-0.3, -0.25) is 0 Å². The van der Waals surface area contributed by atoms with Crippen LogP contribution in [0.5, 0.6) is 0 Å². The molecule has 0 amide bonds. The van der Waals surface area contributed by atoms with Crippen molar-refractivity contribution in [1.82, 2.24) is 0 Å². The molecule has 0 unspecified atom stereocenters. The Morgan fingerprint density at radius 3 is 2.53 bits per heavy atom. The Morgan fingerprint density at radius 1 is 1.06 bits per heavy atom. The van der Waals surface area contributed by atoms with Gasteiger partial charge in [0.2, 0.25) is 5.69 Å². The van der Waals surface area contributed by atoms with Gasteiger partial charge in [-0.25, -0.2) is 0 Å². The Kier molecular flexibility index (Phi) is 3.18. The van der Waals surface area contributed by atoms with Gasteiger partial charge in [0.25, 0.3) is 0 Å². The smallest absolute Gasteiger partial charge is 0.217 e. The highest BCUT2D eigenvalue weighted by molar-refractivity contribution is 5.76. The van der Waals surface area contributed by atoms with E-state index in [0.29, 0.717) is 11.3 Å². The van der Waals surface area contributed by atoms with Crippen LogP contribution in [0.2, 0.25) is 0 Å². The third kappa shape index (κ3) is 2.70. The first-order chi connectivity index (χ1) is 8.29. The van der Waals surface area contributed by atoms with Crippen molar-refractivity contribution >= 4 is 11.9 Å². The number of rotatable bonds is 2. The average molecular weight is 222 g/mol. The molecule has 0 aliphatic carbocycles. The SMILES string of the molecule is N#Cc1cccc(/[N+]([O-])=C\c2ccccc2)c1. The number of benzene rings is 2. The van der Waals surface area contributed by atoms with Crippen LogP contribution in [0, 0.1) is 16.5 Å². The van der Waals surface area contributed by atoms with Crippen LogP contribution in [0.1, 0.15) is 11.1 Å². The molecule has 3 nitrogen and oxygen atoms in total. The van der Waals surface area contributed by atoms with Crippen LogP contribution in [-0.2, 0) is 0 Å². The van der Waals surface area contributed by atoms with Crippen LogP contribution >= 0.6 is 0 Å². The van der Waals surface area contributed by atoms with E-state index in [1.165, 1.54) is 6.21 Å². The van der Waals surface area contributed by atoms with Crippen molar-refractivity contribution in [1.29, 1.82) is 5.26 Å². The first-order valence-electron chi connectivity index (χ1n) is 5.16. The highest BCUT2D eigenvalue weighted by Crippen LogP contribution is 2.12. The summed E-state index contributed by atoms with van der Waals surface area (Å²) in [7, 11) is 0. The number of nitriles is 1. The molecule has 0 spiro atoms. The Labute approximate surface area is 99.5 Å². The molecular weight excluding hydrogens is 212 g/mol. The van der Waals surface area contributed by atoms with Gasteiger partial charge in [-0.15, -0.1) is 0 Å². The van der Waals surface area contributed by atoms with Crippen molar-refractivity contribution < 1.29 is 4.74 Å². The molecule has 0 aliphatic rings. The fourth-order valence-electron chi connectivity index (χ4n) is 1.46. The topological polar surface area (TPSA) is 49.9 Å². The first kappa shape index (κ1) is 10.9. The van der Waals surface area contributed by atoms with Crippen LogP contribution in [0.4, 0.5) is 5.69 Å². The lowest BCUT2D eigenvalue weighted by Crippen LogP contribution is -1.98. The van der Waals surface area contributed by atoms with Gasteiger partial charge in [0, 0.05) is 17.7 Å². The molecule has 0 saturated carbocycles. The maximum atomic E-state index is 11.8. The molecule has 0 fully saturated rings. The predicted octanol–water partition coefficient (Wildman–Crippen LogP) is 2.82. The van der Waals surface area contributed by atoms with Crippen molar-refractivity contribution in [2.45, 2.75) is 0 Å². The highest BCUT2D eigenvalue weighted by Gasteiger charge is 2.02. The van der Waals surface area contributed by atoms with E-state index in [-0.39, 0.29) is 0 Å². The third-order valence-electron chi connectivity index (χ3n) is 2.30. The van der Waals surface area contributed by atoms with Crippen LogP contribution in [0.3, 0.4) is 0 Å². The fraction of sp³-hybridized carbons (Fsp3) is 0. The van der Waals surface area contributed by atoms with Crippen molar-refractivity contribution in [2.24, 2.45) is 0 Å². The van der Waals surface area contributed by atoms with Crippen LogP contribution in [0.15, 0.2) is 54.6 Å². The summed E-state index contributed by atoms with van der Waals surface area (Å²) in [6.07, 6.45) is 1.48. The van der Waals surface area contributed by atoms with Gasteiger partial charge in [-0.1, -0.05) is 24.3 Å². The zero-order valence-corrected chi connectivity index (χ0v) is 9.08. The van der Waals surface area contributed by atoms with Gasteiger partial charge in [0.05, 0.1) is 11.6 Å². The molecule has 82 valence electrons. The highest BCUT2D eigenvalue weighted by atomic mass is 16.5. The summed E-state index contributed by atoms with van der Waals surface area (Å²) in [5, 5.41) is 20.6. The average Bonchev–Trinajstić information content (AvgIpc) is 2.40. The normalized spacial score (nSPS) is 10.9. The van der Waals surface area contributed by atoms with Crippen molar-refractivity contribution in [3.63, 3.8) is 0 Å². The van der Waals surface area contributed by atoms with E-state index < -0.39 is 0 Å². The van der Waals surface area contributed by atoms with Gasteiger partial charge in [0.1, 0.15) is 0 Å².